The van der Waals surface area contributed by atoms with Gasteiger partial charge in [-0.2, -0.15) is 0 Å². The van der Waals surface area contributed by atoms with E-state index in [2.05, 4.69) is 21.7 Å². The van der Waals surface area contributed by atoms with Gasteiger partial charge in [-0.15, -0.1) is 0 Å². The van der Waals surface area contributed by atoms with Crippen LogP contribution in [0.3, 0.4) is 0 Å². The van der Waals surface area contributed by atoms with E-state index < -0.39 is 0 Å². The fraction of sp³-hybridized carbons (Fsp3) is 0.160. The number of benzene rings is 3. The average Bonchev–Trinajstić information content (AvgIpc) is 3.23. The minimum atomic E-state index is -0.266. The van der Waals surface area contributed by atoms with Crippen molar-refractivity contribution in [2.45, 2.75) is 5.92 Å². The average molecular weight is 415 g/mol. The zero-order valence-electron chi connectivity index (χ0n) is 17.5. The van der Waals surface area contributed by atoms with Crippen LogP contribution in [0.5, 0.6) is 11.5 Å². The van der Waals surface area contributed by atoms with E-state index >= 15 is 0 Å². The van der Waals surface area contributed by atoms with Gasteiger partial charge in [0.1, 0.15) is 0 Å². The number of hydrogen-bond donors (Lipinski definition) is 3. The van der Waals surface area contributed by atoms with E-state index in [4.69, 9.17) is 9.47 Å². The van der Waals surface area contributed by atoms with Crippen molar-refractivity contribution < 1.29 is 14.3 Å². The van der Waals surface area contributed by atoms with Gasteiger partial charge in [-0.3, -0.25) is 0 Å². The molecule has 0 unspecified atom stereocenters. The van der Waals surface area contributed by atoms with Gasteiger partial charge in [-0.25, -0.2) is 4.79 Å². The van der Waals surface area contributed by atoms with Gasteiger partial charge >= 0.3 is 6.03 Å². The number of anilines is 1. The summed E-state index contributed by atoms with van der Waals surface area (Å²) in [6.45, 7) is 0.379. The lowest BCUT2D eigenvalue weighted by Gasteiger charge is -2.22. The maximum atomic E-state index is 12.6. The number of hydrogen-bond acceptors (Lipinski definition) is 3. The minimum Gasteiger partial charge on any atom is -0.493 e. The van der Waals surface area contributed by atoms with Gasteiger partial charge in [0.25, 0.3) is 0 Å². The third-order valence-corrected chi connectivity index (χ3v) is 5.30. The van der Waals surface area contributed by atoms with Crippen molar-refractivity contribution in [3.8, 4) is 11.5 Å². The molecule has 0 saturated heterocycles. The minimum absolute atomic E-state index is 0.150. The van der Waals surface area contributed by atoms with Crippen molar-refractivity contribution in [1.82, 2.24) is 10.3 Å². The van der Waals surface area contributed by atoms with Gasteiger partial charge in [-0.05, 0) is 29.8 Å². The number of H-pyrrole nitrogens is 1. The quantitative estimate of drug-likeness (QED) is 0.391. The molecule has 0 fully saturated rings. The lowest BCUT2D eigenvalue weighted by molar-refractivity contribution is 0.251. The monoisotopic (exact) mass is 415 g/mol. The number of fused-ring (bicyclic) bond motifs is 1. The highest BCUT2D eigenvalue weighted by molar-refractivity contribution is 5.89. The third kappa shape index (κ3) is 4.33. The van der Waals surface area contributed by atoms with Crippen LogP contribution in [0.1, 0.15) is 17.0 Å². The summed E-state index contributed by atoms with van der Waals surface area (Å²) in [5, 5.41) is 6.98. The summed E-state index contributed by atoms with van der Waals surface area (Å²) in [4.78, 5) is 15.9. The molecule has 4 aromatic rings. The van der Waals surface area contributed by atoms with Crippen LogP contribution in [0.4, 0.5) is 10.5 Å². The Morgan fingerprint density at radius 3 is 2.45 bits per heavy atom. The van der Waals surface area contributed by atoms with Gasteiger partial charge in [0.05, 0.1) is 14.2 Å². The van der Waals surface area contributed by atoms with Crippen LogP contribution in [0.15, 0.2) is 79.0 Å². The van der Waals surface area contributed by atoms with E-state index in [-0.39, 0.29) is 11.9 Å². The van der Waals surface area contributed by atoms with Crippen molar-refractivity contribution in [3.05, 3.63) is 90.1 Å². The van der Waals surface area contributed by atoms with Crippen molar-refractivity contribution in [2.24, 2.45) is 0 Å². The molecule has 3 N–H and O–H groups in total. The molecule has 0 bridgehead atoms. The summed E-state index contributed by atoms with van der Waals surface area (Å²) in [6.07, 6.45) is 1.99. The molecule has 31 heavy (non-hydrogen) atoms. The normalized spacial score (nSPS) is 11.7. The van der Waals surface area contributed by atoms with E-state index in [0.29, 0.717) is 18.0 Å². The molecule has 1 heterocycles. The Kier molecular flexibility index (Phi) is 6.08. The van der Waals surface area contributed by atoms with E-state index in [1.807, 2.05) is 72.9 Å². The zero-order chi connectivity index (χ0) is 21.6. The highest BCUT2D eigenvalue weighted by atomic mass is 16.5. The van der Waals surface area contributed by atoms with E-state index in [9.17, 15) is 4.79 Å². The Hall–Kier alpha value is -3.93. The number of nitrogens with one attached hydrogen (secondary N) is 3. The third-order valence-electron chi connectivity index (χ3n) is 5.30. The molecule has 0 aliphatic carbocycles. The number of urea groups is 1. The Morgan fingerprint density at radius 2 is 1.68 bits per heavy atom. The molecule has 3 aromatic carbocycles. The van der Waals surface area contributed by atoms with E-state index in [0.717, 1.165) is 27.7 Å². The number of ether oxygens (including phenoxy) is 2. The number of amides is 2. The molecule has 0 aliphatic rings. The summed E-state index contributed by atoms with van der Waals surface area (Å²) in [7, 11) is 3.25. The predicted octanol–water partition coefficient (Wildman–Crippen LogP) is 5.14. The molecule has 0 aliphatic heterocycles. The molecule has 6 heteroatoms. The zero-order valence-corrected chi connectivity index (χ0v) is 17.5. The number of para-hydroxylation sites is 3. The molecule has 4 rings (SSSR count). The number of methoxy groups -OCH3 is 2. The molecular formula is C25H25N3O3. The van der Waals surface area contributed by atoms with Crippen molar-refractivity contribution in [2.75, 3.05) is 26.1 Å². The first-order valence-electron chi connectivity index (χ1n) is 10.1. The Balaban J connectivity index is 1.68. The van der Waals surface area contributed by atoms with Crippen LogP contribution in [0.2, 0.25) is 0 Å². The van der Waals surface area contributed by atoms with E-state index in [1.165, 1.54) is 0 Å². The van der Waals surface area contributed by atoms with Crippen molar-refractivity contribution >= 4 is 22.6 Å². The van der Waals surface area contributed by atoms with Crippen LogP contribution in [0, 0.1) is 0 Å². The molecule has 2 amide bonds. The summed E-state index contributed by atoms with van der Waals surface area (Å²) in [5.41, 5.74) is 3.79. The number of carbonyl (C=O) groups excluding carboxylic acids is 1. The summed E-state index contributed by atoms with van der Waals surface area (Å²) in [5.74, 6) is 1.16. The molecular weight excluding hydrogens is 390 g/mol. The summed E-state index contributed by atoms with van der Waals surface area (Å²) < 4.78 is 11.2. The largest absolute Gasteiger partial charge is 0.493 e. The van der Waals surface area contributed by atoms with E-state index in [1.54, 1.807) is 14.2 Å². The Bertz CT molecular complexity index is 1170. The second-order valence-corrected chi connectivity index (χ2v) is 7.13. The first kappa shape index (κ1) is 20.3. The SMILES string of the molecule is COc1cccc([C@@H](CNC(=O)Nc2ccccc2)c2c[nH]c3ccccc23)c1OC. The van der Waals surface area contributed by atoms with Crippen LogP contribution in [-0.2, 0) is 0 Å². The van der Waals surface area contributed by atoms with Crippen LogP contribution in [-0.4, -0.2) is 31.8 Å². The molecule has 0 radical (unpaired) electrons. The lowest BCUT2D eigenvalue weighted by Crippen LogP contribution is -2.32. The number of rotatable bonds is 7. The molecule has 0 spiro atoms. The van der Waals surface area contributed by atoms with Crippen LogP contribution in [0.25, 0.3) is 10.9 Å². The second-order valence-electron chi connectivity index (χ2n) is 7.13. The van der Waals surface area contributed by atoms with Gasteiger partial charge in [-0.1, -0.05) is 48.5 Å². The molecule has 158 valence electrons. The molecule has 0 saturated carbocycles. The number of aromatic amines is 1. The highest BCUT2D eigenvalue weighted by Crippen LogP contribution is 2.40. The molecule has 1 atom stereocenters. The first-order valence-corrected chi connectivity index (χ1v) is 10.1. The topological polar surface area (TPSA) is 75.4 Å². The molecule has 1 aromatic heterocycles. The van der Waals surface area contributed by atoms with Gasteiger partial charge in [0.15, 0.2) is 11.5 Å². The highest BCUT2D eigenvalue weighted by Gasteiger charge is 2.24. The van der Waals surface area contributed by atoms with Gasteiger partial charge < -0.3 is 25.1 Å². The maximum Gasteiger partial charge on any atom is 0.319 e. The van der Waals surface area contributed by atoms with Crippen LogP contribution < -0.4 is 20.1 Å². The van der Waals surface area contributed by atoms with Crippen molar-refractivity contribution in [1.29, 1.82) is 0 Å². The number of carbonyl (C=O) groups is 1. The van der Waals surface area contributed by atoms with Crippen molar-refractivity contribution in [3.63, 3.8) is 0 Å². The Morgan fingerprint density at radius 1 is 0.903 bits per heavy atom. The molecule has 6 nitrogen and oxygen atoms in total. The van der Waals surface area contributed by atoms with Crippen LogP contribution >= 0.6 is 0 Å². The summed E-state index contributed by atoms with van der Waals surface area (Å²) in [6, 6.07) is 23.0. The Labute approximate surface area is 181 Å². The fourth-order valence-electron chi connectivity index (χ4n) is 3.85. The summed E-state index contributed by atoms with van der Waals surface area (Å²) >= 11 is 0. The first-order chi connectivity index (χ1) is 15.2. The predicted molar refractivity (Wildman–Crippen MR) is 123 cm³/mol. The lowest BCUT2D eigenvalue weighted by atomic mass is 9.90. The number of aromatic nitrogens is 1. The standard InChI is InChI=1S/C25H25N3O3/c1-30-23-14-8-12-19(24(23)31-2)21(20-15-26-22-13-7-6-11-18(20)22)16-27-25(29)28-17-9-4-3-5-10-17/h3-15,21,26H,16H2,1-2H3,(H2,27,28,29)/t21-/m1/s1. The fourth-order valence-corrected chi connectivity index (χ4v) is 3.85. The van der Waals surface area contributed by atoms with Gasteiger partial charge in [0.2, 0.25) is 0 Å². The van der Waals surface area contributed by atoms with Gasteiger partial charge in [0, 0.05) is 40.8 Å². The second kappa shape index (κ2) is 9.26. The maximum absolute atomic E-state index is 12.6. The smallest absolute Gasteiger partial charge is 0.319 e.